The molecule has 4 aliphatic heterocycles. The van der Waals surface area contributed by atoms with Crippen LogP contribution in [0.2, 0.25) is 0 Å². The van der Waals surface area contributed by atoms with Gasteiger partial charge in [-0.1, -0.05) is 0 Å². The number of amides is 3. The summed E-state index contributed by atoms with van der Waals surface area (Å²) in [5, 5.41) is 10.2. The minimum Gasteiger partial charge on any atom is -0.466 e. The van der Waals surface area contributed by atoms with E-state index in [-0.39, 0.29) is 61.5 Å². The molecule has 0 atom stereocenters. The van der Waals surface area contributed by atoms with Crippen LogP contribution in [0, 0.1) is 11.6 Å². The van der Waals surface area contributed by atoms with E-state index in [1.165, 1.54) is 12.1 Å². The van der Waals surface area contributed by atoms with Crippen molar-refractivity contribution in [3.05, 3.63) is 36.2 Å². The molecule has 0 saturated carbocycles. The van der Waals surface area contributed by atoms with Crippen molar-refractivity contribution in [2.45, 2.75) is 64.1 Å². The zero-order valence-corrected chi connectivity index (χ0v) is 27.1. The van der Waals surface area contributed by atoms with E-state index in [4.69, 9.17) is 19.3 Å². The van der Waals surface area contributed by atoms with E-state index in [9.17, 15) is 23.2 Å². The molecule has 6 rings (SSSR count). The minimum atomic E-state index is -0.545. The van der Waals surface area contributed by atoms with Crippen molar-refractivity contribution >= 4 is 41.7 Å². The lowest BCUT2D eigenvalue weighted by Gasteiger charge is -2.40. The molecule has 0 spiro atoms. The SMILES string of the molecule is CC(C)(C)OC(=O)N1CCC(N2C(=O)COc3ncc(F)cc32)CC1.CO.Cl.O=C1COc2ncc(F)cc2N1C1CCNCC1. The van der Waals surface area contributed by atoms with Gasteiger partial charge in [0.2, 0.25) is 11.8 Å². The normalized spacial score (nSPS) is 18.3. The van der Waals surface area contributed by atoms with Crippen LogP contribution in [-0.4, -0.2) is 102 Å². The number of piperidine rings is 2. The van der Waals surface area contributed by atoms with Crippen molar-refractivity contribution in [1.82, 2.24) is 20.2 Å². The van der Waals surface area contributed by atoms with Gasteiger partial charge in [-0.15, -0.1) is 12.4 Å². The molecule has 4 aliphatic rings. The summed E-state index contributed by atoms with van der Waals surface area (Å²) in [6, 6.07) is 2.56. The number of aliphatic hydroxyl groups excluding tert-OH is 1. The van der Waals surface area contributed by atoms with Crippen LogP contribution >= 0.6 is 12.4 Å². The quantitative estimate of drug-likeness (QED) is 0.489. The Morgan fingerprint density at radius 3 is 1.74 bits per heavy atom. The molecule has 6 heterocycles. The van der Waals surface area contributed by atoms with Crippen molar-refractivity contribution in [3.8, 4) is 11.8 Å². The number of anilines is 2. The third-order valence-corrected chi connectivity index (χ3v) is 7.47. The van der Waals surface area contributed by atoms with Crippen molar-refractivity contribution < 1.29 is 42.5 Å². The number of hydrogen-bond acceptors (Lipinski definition) is 10. The van der Waals surface area contributed by atoms with Gasteiger partial charge in [0.15, 0.2) is 13.2 Å². The Hall–Kier alpha value is -3.82. The second-order valence-electron chi connectivity index (χ2n) is 11.7. The van der Waals surface area contributed by atoms with Gasteiger partial charge in [-0.3, -0.25) is 9.59 Å². The number of carbonyl (C=O) groups excluding carboxylic acids is 3. The summed E-state index contributed by atoms with van der Waals surface area (Å²) in [5.41, 5.74) is 0.265. The lowest BCUT2D eigenvalue weighted by Crippen LogP contribution is -2.52. The number of fused-ring (bicyclic) bond motifs is 2. The van der Waals surface area contributed by atoms with E-state index in [1.807, 2.05) is 20.8 Å². The summed E-state index contributed by atoms with van der Waals surface area (Å²) in [5.74, 6) is -0.721. The van der Waals surface area contributed by atoms with Crippen LogP contribution in [-0.2, 0) is 14.3 Å². The Morgan fingerprint density at radius 1 is 0.870 bits per heavy atom. The average molecular weight is 671 g/mol. The summed E-state index contributed by atoms with van der Waals surface area (Å²) in [7, 11) is 1.00. The summed E-state index contributed by atoms with van der Waals surface area (Å²) in [6.07, 6.45) is 4.71. The molecule has 13 nitrogen and oxygen atoms in total. The highest BCUT2D eigenvalue weighted by Crippen LogP contribution is 2.35. The largest absolute Gasteiger partial charge is 0.466 e. The molecule has 3 amide bonds. The summed E-state index contributed by atoms with van der Waals surface area (Å²) >= 11 is 0. The number of pyridine rings is 2. The maximum absolute atomic E-state index is 13.6. The van der Waals surface area contributed by atoms with Gasteiger partial charge in [0.25, 0.3) is 11.8 Å². The first kappa shape index (κ1) is 36.6. The predicted octanol–water partition coefficient (Wildman–Crippen LogP) is 3.07. The zero-order chi connectivity index (χ0) is 32.7. The first-order valence-corrected chi connectivity index (χ1v) is 14.8. The van der Waals surface area contributed by atoms with Gasteiger partial charge in [0.1, 0.15) is 28.6 Å². The third kappa shape index (κ3) is 8.91. The Bertz CT molecular complexity index is 1370. The minimum absolute atomic E-state index is 0. The van der Waals surface area contributed by atoms with E-state index in [0.717, 1.165) is 45.4 Å². The topological polar surface area (TPSA) is 147 Å². The van der Waals surface area contributed by atoms with Crippen LogP contribution < -0.4 is 24.6 Å². The molecule has 0 aromatic carbocycles. The van der Waals surface area contributed by atoms with E-state index in [0.29, 0.717) is 43.2 Å². The van der Waals surface area contributed by atoms with Crippen LogP contribution in [0.15, 0.2) is 24.5 Å². The predicted molar refractivity (Wildman–Crippen MR) is 166 cm³/mol. The molecule has 2 saturated heterocycles. The number of ether oxygens (including phenoxy) is 3. The molecule has 0 radical (unpaired) electrons. The van der Waals surface area contributed by atoms with Crippen molar-refractivity contribution in [1.29, 1.82) is 0 Å². The first-order chi connectivity index (χ1) is 21.5. The highest BCUT2D eigenvalue weighted by molar-refractivity contribution is 5.98. The Kier molecular flexibility index (Phi) is 12.9. The Morgan fingerprint density at radius 2 is 1.30 bits per heavy atom. The molecule has 0 aliphatic carbocycles. The Labute approximate surface area is 272 Å². The number of nitrogens with one attached hydrogen (secondary N) is 1. The van der Waals surface area contributed by atoms with E-state index >= 15 is 0 Å². The van der Waals surface area contributed by atoms with Gasteiger partial charge in [-0.05, 0) is 59.5 Å². The van der Waals surface area contributed by atoms with Crippen LogP contribution in [0.25, 0.3) is 0 Å². The first-order valence-electron chi connectivity index (χ1n) is 14.8. The number of hydrogen-bond donors (Lipinski definition) is 2. The van der Waals surface area contributed by atoms with Gasteiger partial charge < -0.3 is 39.3 Å². The van der Waals surface area contributed by atoms with Gasteiger partial charge in [-0.25, -0.2) is 23.5 Å². The molecule has 16 heteroatoms. The van der Waals surface area contributed by atoms with E-state index in [2.05, 4.69) is 15.3 Å². The molecule has 2 fully saturated rings. The van der Waals surface area contributed by atoms with Crippen molar-refractivity contribution in [3.63, 3.8) is 0 Å². The summed E-state index contributed by atoms with van der Waals surface area (Å²) < 4.78 is 42.7. The Balaban J connectivity index is 0.000000243. The van der Waals surface area contributed by atoms with Crippen LogP contribution in [0.4, 0.5) is 25.0 Å². The maximum Gasteiger partial charge on any atom is 0.410 e. The number of carbonyl (C=O) groups is 3. The van der Waals surface area contributed by atoms with E-state index < -0.39 is 17.2 Å². The molecule has 0 unspecified atom stereocenters. The number of aliphatic hydroxyl groups is 1. The molecule has 0 bridgehead atoms. The highest BCUT2D eigenvalue weighted by Gasteiger charge is 2.37. The molecule has 2 N–H and O–H groups in total. The standard InChI is InChI=1S/C17H22FN3O4.C12H14FN3O2.CH4O.ClH/c1-17(2,3)25-16(23)20-6-4-12(5-7-20)21-13-8-11(18)9-19-15(13)24-10-14(21)22;13-8-5-10-12(15-6-8)18-7-11(17)16(10)9-1-3-14-4-2-9;1-2;/h8-9,12H,4-7,10H2,1-3H3;5-6,9,14H,1-4,7H2;2H,1H3;1H. The molecule has 254 valence electrons. The second kappa shape index (κ2) is 16.1. The lowest BCUT2D eigenvalue weighted by atomic mass is 10.0. The number of likely N-dealkylation sites (tertiary alicyclic amines) is 1. The highest BCUT2D eigenvalue weighted by atomic mass is 35.5. The fourth-order valence-corrected chi connectivity index (χ4v) is 5.57. The third-order valence-electron chi connectivity index (χ3n) is 7.47. The molecule has 46 heavy (non-hydrogen) atoms. The smallest absolute Gasteiger partial charge is 0.410 e. The lowest BCUT2D eigenvalue weighted by molar-refractivity contribution is -0.122. The van der Waals surface area contributed by atoms with Gasteiger partial charge in [0, 0.05) is 44.4 Å². The maximum atomic E-state index is 13.6. The molecule has 2 aromatic heterocycles. The fraction of sp³-hybridized carbons (Fsp3) is 0.567. The molecular formula is C30H41ClF2N6O7. The van der Waals surface area contributed by atoms with Gasteiger partial charge in [0.05, 0.1) is 12.4 Å². The molecular weight excluding hydrogens is 630 g/mol. The van der Waals surface area contributed by atoms with Crippen LogP contribution in [0.1, 0.15) is 46.5 Å². The van der Waals surface area contributed by atoms with Gasteiger partial charge in [-0.2, -0.15) is 0 Å². The number of aromatic nitrogens is 2. The van der Waals surface area contributed by atoms with E-state index in [1.54, 1.807) is 14.7 Å². The monoisotopic (exact) mass is 670 g/mol. The molecule has 2 aromatic rings. The summed E-state index contributed by atoms with van der Waals surface area (Å²) in [4.78, 5) is 49.1. The van der Waals surface area contributed by atoms with Crippen LogP contribution in [0.3, 0.4) is 0 Å². The average Bonchev–Trinajstić information content (AvgIpc) is 3.02. The second-order valence-corrected chi connectivity index (χ2v) is 11.7. The van der Waals surface area contributed by atoms with Crippen molar-refractivity contribution in [2.24, 2.45) is 0 Å². The summed E-state index contributed by atoms with van der Waals surface area (Å²) in [6.45, 7) is 8.02. The number of halogens is 3. The zero-order valence-electron chi connectivity index (χ0n) is 26.3. The fourth-order valence-electron chi connectivity index (χ4n) is 5.57. The van der Waals surface area contributed by atoms with Gasteiger partial charge >= 0.3 is 6.09 Å². The number of rotatable bonds is 2. The van der Waals surface area contributed by atoms with Crippen molar-refractivity contribution in [2.75, 3.05) is 56.3 Å². The van der Waals surface area contributed by atoms with Crippen LogP contribution in [0.5, 0.6) is 11.8 Å². The number of nitrogens with zero attached hydrogens (tertiary/aromatic N) is 5.